The molecule has 0 radical (unpaired) electrons. The Labute approximate surface area is 161 Å². The number of rotatable bonds is 6. The molecule has 9 heteroatoms. The fourth-order valence-electron chi connectivity index (χ4n) is 2.24. The number of hydrogen-bond acceptors (Lipinski definition) is 6. The third-order valence-corrected chi connectivity index (χ3v) is 6.51. The van der Waals surface area contributed by atoms with Crippen molar-refractivity contribution in [3.05, 3.63) is 59.4 Å². The Hall–Kier alpha value is -1.87. The van der Waals surface area contributed by atoms with Crippen LogP contribution in [0.3, 0.4) is 0 Å². The summed E-state index contributed by atoms with van der Waals surface area (Å²) in [7, 11) is -2.17. The molecule has 0 unspecified atom stereocenters. The fourth-order valence-corrected chi connectivity index (χ4v) is 3.89. The Morgan fingerprint density at radius 1 is 1.12 bits per heavy atom. The highest BCUT2D eigenvalue weighted by molar-refractivity contribution is 7.98. The molecule has 0 N–H and O–H groups in total. The van der Waals surface area contributed by atoms with Crippen molar-refractivity contribution in [3.8, 4) is 11.4 Å². The predicted molar refractivity (Wildman–Crippen MR) is 102 cm³/mol. The first-order valence-electron chi connectivity index (χ1n) is 7.59. The summed E-state index contributed by atoms with van der Waals surface area (Å²) in [4.78, 5) is 5.47. The number of thioether (sulfide) groups is 1. The lowest BCUT2D eigenvalue weighted by Crippen LogP contribution is -2.26. The van der Waals surface area contributed by atoms with Gasteiger partial charge in [0.25, 0.3) is 0 Å². The van der Waals surface area contributed by atoms with Gasteiger partial charge in [-0.15, -0.1) is 11.8 Å². The summed E-state index contributed by atoms with van der Waals surface area (Å²) < 4.78 is 31.7. The van der Waals surface area contributed by atoms with E-state index in [-0.39, 0.29) is 17.3 Å². The van der Waals surface area contributed by atoms with Crippen LogP contribution in [0.5, 0.6) is 0 Å². The molecule has 1 aromatic heterocycles. The molecule has 0 amide bonds. The molecule has 0 spiro atoms. The van der Waals surface area contributed by atoms with E-state index in [0.29, 0.717) is 10.8 Å². The van der Waals surface area contributed by atoms with E-state index in [1.54, 1.807) is 60.3 Å². The monoisotopic (exact) mass is 409 g/mol. The van der Waals surface area contributed by atoms with Gasteiger partial charge in [-0.1, -0.05) is 16.8 Å². The van der Waals surface area contributed by atoms with Crippen LogP contribution in [0.4, 0.5) is 0 Å². The second-order valence-electron chi connectivity index (χ2n) is 5.46. The summed E-state index contributed by atoms with van der Waals surface area (Å²) in [6.45, 7) is -0.0206. The molecule has 1 heterocycles. The van der Waals surface area contributed by atoms with Gasteiger partial charge in [0.2, 0.25) is 21.7 Å². The molecule has 0 bridgehead atoms. The zero-order chi connectivity index (χ0) is 18.7. The number of nitrogens with zero attached hydrogens (tertiary/aromatic N) is 3. The van der Waals surface area contributed by atoms with E-state index in [4.69, 9.17) is 16.1 Å². The Balaban J connectivity index is 1.76. The van der Waals surface area contributed by atoms with Crippen molar-refractivity contribution in [1.82, 2.24) is 14.4 Å². The van der Waals surface area contributed by atoms with Crippen LogP contribution in [0, 0.1) is 0 Å². The summed E-state index contributed by atoms with van der Waals surface area (Å²) in [6.07, 6.45) is 1.93. The minimum atomic E-state index is -3.64. The quantitative estimate of drug-likeness (QED) is 0.574. The van der Waals surface area contributed by atoms with Crippen LogP contribution < -0.4 is 0 Å². The molecule has 6 nitrogen and oxygen atoms in total. The molecular formula is C17H16ClN3O3S2. The van der Waals surface area contributed by atoms with Crippen molar-refractivity contribution < 1.29 is 12.9 Å². The van der Waals surface area contributed by atoms with Crippen molar-refractivity contribution >= 4 is 33.4 Å². The molecule has 0 aliphatic rings. The van der Waals surface area contributed by atoms with Crippen molar-refractivity contribution in [2.45, 2.75) is 16.3 Å². The van der Waals surface area contributed by atoms with E-state index in [9.17, 15) is 8.42 Å². The van der Waals surface area contributed by atoms with Crippen LogP contribution in [0.1, 0.15) is 5.89 Å². The van der Waals surface area contributed by atoms with Crippen LogP contribution in [0.25, 0.3) is 11.4 Å². The first-order chi connectivity index (χ1) is 12.4. The lowest BCUT2D eigenvalue weighted by Gasteiger charge is -2.15. The highest BCUT2D eigenvalue weighted by atomic mass is 35.5. The van der Waals surface area contributed by atoms with Gasteiger partial charge in [0, 0.05) is 22.5 Å². The van der Waals surface area contributed by atoms with Crippen molar-refractivity contribution in [1.29, 1.82) is 0 Å². The second kappa shape index (κ2) is 7.79. The topological polar surface area (TPSA) is 76.3 Å². The summed E-state index contributed by atoms with van der Waals surface area (Å²) in [5.74, 6) is 0.591. The van der Waals surface area contributed by atoms with E-state index in [2.05, 4.69) is 10.1 Å². The van der Waals surface area contributed by atoms with Gasteiger partial charge < -0.3 is 4.52 Å². The van der Waals surface area contributed by atoms with Crippen LogP contribution in [-0.2, 0) is 16.6 Å². The van der Waals surface area contributed by atoms with E-state index in [0.717, 1.165) is 10.5 Å². The Morgan fingerprint density at radius 3 is 2.38 bits per heavy atom. The molecule has 0 saturated carbocycles. The maximum absolute atomic E-state index is 12.7. The first-order valence-corrected chi connectivity index (χ1v) is 10.6. The fraction of sp³-hybridized carbons (Fsp3) is 0.176. The van der Waals surface area contributed by atoms with Crippen LogP contribution in [0.2, 0.25) is 5.02 Å². The summed E-state index contributed by atoms with van der Waals surface area (Å²) >= 11 is 7.41. The highest BCUT2D eigenvalue weighted by Gasteiger charge is 2.23. The summed E-state index contributed by atoms with van der Waals surface area (Å²) in [5.41, 5.74) is 0.738. The normalized spacial score (nSPS) is 11.8. The van der Waals surface area contributed by atoms with Crippen molar-refractivity contribution in [2.75, 3.05) is 13.3 Å². The first kappa shape index (κ1) is 18.9. The molecule has 3 aromatic rings. The number of aromatic nitrogens is 2. The maximum Gasteiger partial charge on any atom is 0.243 e. The van der Waals surface area contributed by atoms with Gasteiger partial charge in [0.1, 0.15) is 0 Å². The van der Waals surface area contributed by atoms with Crippen LogP contribution in [0.15, 0.2) is 62.8 Å². The third kappa shape index (κ3) is 4.09. The molecule has 3 rings (SSSR count). The van der Waals surface area contributed by atoms with Gasteiger partial charge in [0.15, 0.2) is 0 Å². The summed E-state index contributed by atoms with van der Waals surface area (Å²) in [5, 5.41) is 4.50. The van der Waals surface area contributed by atoms with Gasteiger partial charge in [0.05, 0.1) is 11.4 Å². The van der Waals surface area contributed by atoms with E-state index < -0.39 is 10.0 Å². The number of halogens is 1. The molecule has 0 saturated heterocycles. The van der Waals surface area contributed by atoms with Crippen molar-refractivity contribution in [3.63, 3.8) is 0 Å². The smallest absolute Gasteiger partial charge is 0.243 e. The van der Waals surface area contributed by atoms with E-state index in [1.807, 2.05) is 6.26 Å². The predicted octanol–water partition coefficient (Wildman–Crippen LogP) is 3.93. The molecule has 0 fully saturated rings. The number of benzene rings is 2. The molecule has 0 aliphatic carbocycles. The van der Waals surface area contributed by atoms with Gasteiger partial charge in [-0.25, -0.2) is 8.42 Å². The Kier molecular flexibility index (Phi) is 5.67. The summed E-state index contributed by atoms with van der Waals surface area (Å²) in [6, 6.07) is 13.7. The third-order valence-electron chi connectivity index (χ3n) is 3.70. The van der Waals surface area contributed by atoms with E-state index in [1.165, 1.54) is 11.4 Å². The number of sulfonamides is 1. The lowest BCUT2D eigenvalue weighted by molar-refractivity contribution is 0.337. The van der Waals surface area contributed by atoms with Crippen molar-refractivity contribution in [2.24, 2.45) is 0 Å². The average molecular weight is 410 g/mol. The highest BCUT2D eigenvalue weighted by Crippen LogP contribution is 2.22. The lowest BCUT2D eigenvalue weighted by atomic mass is 10.2. The largest absolute Gasteiger partial charge is 0.338 e. The van der Waals surface area contributed by atoms with Crippen LogP contribution in [-0.4, -0.2) is 36.2 Å². The van der Waals surface area contributed by atoms with Gasteiger partial charge in [-0.05, 0) is 54.8 Å². The molecule has 0 atom stereocenters. The molecule has 26 heavy (non-hydrogen) atoms. The van der Waals surface area contributed by atoms with Gasteiger partial charge >= 0.3 is 0 Å². The molecule has 2 aromatic carbocycles. The SMILES string of the molecule is CSc1ccc(S(=O)(=O)N(C)Cc2nc(-c3ccc(Cl)cc3)no2)cc1. The average Bonchev–Trinajstić information content (AvgIpc) is 3.10. The van der Waals surface area contributed by atoms with Gasteiger partial charge in [-0.3, -0.25) is 0 Å². The minimum absolute atomic E-state index is 0.0206. The van der Waals surface area contributed by atoms with E-state index >= 15 is 0 Å². The number of hydrogen-bond donors (Lipinski definition) is 0. The van der Waals surface area contributed by atoms with Crippen LogP contribution >= 0.6 is 23.4 Å². The minimum Gasteiger partial charge on any atom is -0.338 e. The molecule has 136 valence electrons. The zero-order valence-corrected chi connectivity index (χ0v) is 16.5. The second-order valence-corrected chi connectivity index (χ2v) is 8.82. The Bertz CT molecular complexity index is 987. The zero-order valence-electron chi connectivity index (χ0n) is 14.1. The Morgan fingerprint density at radius 2 is 1.77 bits per heavy atom. The molecular weight excluding hydrogens is 394 g/mol. The van der Waals surface area contributed by atoms with Gasteiger partial charge in [-0.2, -0.15) is 9.29 Å². The molecule has 0 aliphatic heterocycles. The maximum atomic E-state index is 12.7. The standard InChI is InChI=1S/C17H16ClN3O3S2/c1-21(26(22,23)15-9-7-14(25-2)8-10-15)11-16-19-17(20-24-16)12-3-5-13(18)6-4-12/h3-10H,11H2,1-2H3.